The number of benzene rings is 1. The fourth-order valence-corrected chi connectivity index (χ4v) is 3.16. The van der Waals surface area contributed by atoms with Crippen LogP contribution in [-0.4, -0.2) is 63.0 Å². The van der Waals surface area contributed by atoms with E-state index in [0.29, 0.717) is 12.3 Å². The van der Waals surface area contributed by atoms with Gasteiger partial charge in [0.15, 0.2) is 17.5 Å². The van der Waals surface area contributed by atoms with Crippen LogP contribution in [0.4, 0.5) is 0 Å². The van der Waals surface area contributed by atoms with Gasteiger partial charge < -0.3 is 24.8 Å². The summed E-state index contributed by atoms with van der Waals surface area (Å²) in [4.78, 5) is 6.97. The number of methoxy groups -OCH3 is 1. The minimum Gasteiger partial charge on any atom is -0.504 e. The van der Waals surface area contributed by atoms with Gasteiger partial charge in [-0.05, 0) is 56.2 Å². The van der Waals surface area contributed by atoms with Gasteiger partial charge in [0.1, 0.15) is 0 Å². The summed E-state index contributed by atoms with van der Waals surface area (Å²) in [5.74, 6) is 2.39. The zero-order valence-corrected chi connectivity index (χ0v) is 16.3. The lowest BCUT2D eigenvalue weighted by Gasteiger charge is -2.26. The number of phenols is 1. The van der Waals surface area contributed by atoms with Gasteiger partial charge in [-0.2, -0.15) is 0 Å². The number of nitrogens with one attached hydrogen (secondary N) is 1. The number of hydrogen-bond donors (Lipinski definition) is 2. The van der Waals surface area contributed by atoms with Crippen LogP contribution in [0.1, 0.15) is 31.7 Å². The van der Waals surface area contributed by atoms with Crippen molar-refractivity contribution in [3.05, 3.63) is 23.8 Å². The molecule has 26 heavy (non-hydrogen) atoms. The third-order valence-corrected chi connectivity index (χ3v) is 4.82. The molecule has 1 aromatic carbocycles. The smallest absolute Gasteiger partial charge is 0.193 e. The van der Waals surface area contributed by atoms with E-state index in [4.69, 9.17) is 14.5 Å². The average Bonchev–Trinajstić information content (AvgIpc) is 2.67. The Kier molecular flexibility index (Phi) is 8.54. The molecule has 1 saturated heterocycles. The Balaban J connectivity index is 1.86. The number of aliphatic imine (C=N–C) groups is 1. The maximum Gasteiger partial charge on any atom is 0.193 e. The van der Waals surface area contributed by atoms with Gasteiger partial charge in [0.05, 0.1) is 7.11 Å². The topological polar surface area (TPSA) is 66.3 Å². The summed E-state index contributed by atoms with van der Waals surface area (Å²) < 4.78 is 10.6. The molecule has 0 atom stereocenters. The van der Waals surface area contributed by atoms with Crippen LogP contribution in [0.3, 0.4) is 0 Å². The second-order valence-electron chi connectivity index (χ2n) is 6.76. The first kappa shape index (κ1) is 20.4. The molecule has 0 spiro atoms. The first-order chi connectivity index (χ1) is 12.6. The third kappa shape index (κ3) is 6.41. The molecule has 0 bridgehead atoms. The van der Waals surface area contributed by atoms with Crippen LogP contribution >= 0.6 is 0 Å². The number of ether oxygens (including phenoxy) is 2. The highest BCUT2D eigenvalue weighted by Gasteiger charge is 2.15. The standard InChI is InChI=1S/C20H33N3O3/c1-4-21-20(23(2)12-8-16-9-13-26-14-10-16)22-11-7-17-5-6-18(24)19(15-17)25-3/h5-6,15-16,24H,4,7-14H2,1-3H3,(H,21,22). The van der Waals surface area contributed by atoms with E-state index in [0.717, 1.165) is 50.2 Å². The van der Waals surface area contributed by atoms with Gasteiger partial charge >= 0.3 is 0 Å². The Morgan fingerprint density at radius 1 is 1.38 bits per heavy atom. The second-order valence-corrected chi connectivity index (χ2v) is 6.76. The van der Waals surface area contributed by atoms with Crippen molar-refractivity contribution in [1.82, 2.24) is 10.2 Å². The molecule has 0 radical (unpaired) electrons. The predicted molar refractivity (Wildman–Crippen MR) is 105 cm³/mol. The summed E-state index contributed by atoms with van der Waals surface area (Å²) in [6, 6.07) is 5.45. The van der Waals surface area contributed by atoms with E-state index >= 15 is 0 Å². The molecule has 2 rings (SSSR count). The van der Waals surface area contributed by atoms with Gasteiger partial charge in [-0.3, -0.25) is 4.99 Å². The molecular weight excluding hydrogens is 330 g/mol. The summed E-state index contributed by atoms with van der Waals surface area (Å²) in [6.45, 7) is 6.44. The van der Waals surface area contributed by atoms with Crippen LogP contribution in [0, 0.1) is 5.92 Å². The van der Waals surface area contributed by atoms with Crippen LogP contribution in [-0.2, 0) is 11.2 Å². The number of aromatic hydroxyl groups is 1. The molecular formula is C20H33N3O3. The van der Waals surface area contributed by atoms with Crippen molar-refractivity contribution >= 4 is 5.96 Å². The molecule has 6 nitrogen and oxygen atoms in total. The zero-order valence-electron chi connectivity index (χ0n) is 16.3. The molecule has 146 valence electrons. The van der Waals surface area contributed by atoms with Crippen molar-refractivity contribution in [2.24, 2.45) is 10.9 Å². The Labute approximate surface area is 157 Å². The van der Waals surface area contributed by atoms with Gasteiger partial charge in [0.2, 0.25) is 0 Å². The first-order valence-corrected chi connectivity index (χ1v) is 9.57. The van der Waals surface area contributed by atoms with Crippen molar-refractivity contribution in [2.75, 3.05) is 47.0 Å². The van der Waals surface area contributed by atoms with Crippen LogP contribution in [0.25, 0.3) is 0 Å². The lowest BCUT2D eigenvalue weighted by molar-refractivity contribution is 0.0625. The summed E-state index contributed by atoms with van der Waals surface area (Å²) in [6.07, 6.45) is 4.33. The Morgan fingerprint density at radius 3 is 2.85 bits per heavy atom. The van der Waals surface area contributed by atoms with Crippen LogP contribution in [0.15, 0.2) is 23.2 Å². The first-order valence-electron chi connectivity index (χ1n) is 9.57. The summed E-state index contributed by atoms with van der Waals surface area (Å²) in [5.41, 5.74) is 1.10. The minimum absolute atomic E-state index is 0.168. The van der Waals surface area contributed by atoms with Gasteiger partial charge in [-0.1, -0.05) is 6.07 Å². The largest absolute Gasteiger partial charge is 0.504 e. The fraction of sp³-hybridized carbons (Fsp3) is 0.650. The molecule has 0 aliphatic carbocycles. The molecule has 1 aromatic rings. The van der Waals surface area contributed by atoms with E-state index in [1.807, 2.05) is 12.1 Å². The van der Waals surface area contributed by atoms with E-state index in [2.05, 4.69) is 24.2 Å². The summed E-state index contributed by atoms with van der Waals surface area (Å²) in [7, 11) is 3.66. The summed E-state index contributed by atoms with van der Waals surface area (Å²) in [5, 5.41) is 13.1. The normalized spacial score (nSPS) is 15.7. The molecule has 0 amide bonds. The highest BCUT2D eigenvalue weighted by Crippen LogP contribution is 2.26. The third-order valence-electron chi connectivity index (χ3n) is 4.82. The predicted octanol–water partition coefficient (Wildman–Crippen LogP) is 2.66. The molecule has 0 aromatic heterocycles. The van der Waals surface area contributed by atoms with Crippen LogP contribution < -0.4 is 10.1 Å². The molecule has 6 heteroatoms. The molecule has 2 N–H and O–H groups in total. The van der Waals surface area contributed by atoms with Crippen molar-refractivity contribution in [3.63, 3.8) is 0 Å². The molecule has 1 aliphatic rings. The Morgan fingerprint density at radius 2 is 2.15 bits per heavy atom. The maximum atomic E-state index is 9.68. The van der Waals surface area contributed by atoms with Crippen LogP contribution in [0.2, 0.25) is 0 Å². The zero-order chi connectivity index (χ0) is 18.8. The van der Waals surface area contributed by atoms with Crippen molar-refractivity contribution in [2.45, 2.75) is 32.6 Å². The van der Waals surface area contributed by atoms with E-state index in [1.165, 1.54) is 19.3 Å². The number of rotatable bonds is 8. The number of hydrogen-bond acceptors (Lipinski definition) is 4. The lowest BCUT2D eigenvalue weighted by atomic mass is 9.96. The quantitative estimate of drug-likeness (QED) is 0.549. The van der Waals surface area contributed by atoms with E-state index in [-0.39, 0.29) is 5.75 Å². The van der Waals surface area contributed by atoms with Crippen molar-refractivity contribution < 1.29 is 14.6 Å². The van der Waals surface area contributed by atoms with E-state index in [9.17, 15) is 5.11 Å². The Bertz CT molecular complexity index is 571. The van der Waals surface area contributed by atoms with Crippen molar-refractivity contribution in [3.8, 4) is 11.5 Å². The second kappa shape index (κ2) is 10.9. The molecule has 0 unspecified atom stereocenters. The fourth-order valence-electron chi connectivity index (χ4n) is 3.16. The van der Waals surface area contributed by atoms with E-state index in [1.54, 1.807) is 13.2 Å². The molecule has 1 heterocycles. The highest BCUT2D eigenvalue weighted by atomic mass is 16.5. The van der Waals surface area contributed by atoms with Gasteiger partial charge in [0, 0.05) is 39.9 Å². The number of nitrogens with zero attached hydrogens (tertiary/aromatic N) is 2. The Hall–Kier alpha value is -1.95. The minimum atomic E-state index is 0.168. The SMILES string of the molecule is CCNC(=NCCc1ccc(O)c(OC)c1)N(C)CCC1CCOCC1. The monoisotopic (exact) mass is 363 g/mol. The molecule has 0 saturated carbocycles. The number of phenolic OH excluding ortho intramolecular Hbond substituents is 1. The highest BCUT2D eigenvalue weighted by molar-refractivity contribution is 5.79. The van der Waals surface area contributed by atoms with Gasteiger partial charge in [0.25, 0.3) is 0 Å². The van der Waals surface area contributed by atoms with Crippen LogP contribution in [0.5, 0.6) is 11.5 Å². The molecule has 1 aliphatic heterocycles. The molecule has 1 fully saturated rings. The van der Waals surface area contributed by atoms with Gasteiger partial charge in [-0.15, -0.1) is 0 Å². The number of guanidine groups is 1. The average molecular weight is 364 g/mol. The summed E-state index contributed by atoms with van der Waals surface area (Å²) >= 11 is 0. The lowest BCUT2D eigenvalue weighted by Crippen LogP contribution is -2.40. The van der Waals surface area contributed by atoms with Gasteiger partial charge in [-0.25, -0.2) is 0 Å². The van der Waals surface area contributed by atoms with E-state index < -0.39 is 0 Å². The maximum absolute atomic E-state index is 9.68. The van der Waals surface area contributed by atoms with Crippen molar-refractivity contribution in [1.29, 1.82) is 0 Å².